The lowest BCUT2D eigenvalue weighted by molar-refractivity contribution is 0.615. The molecule has 0 radical (unpaired) electrons. The molecule has 0 bridgehead atoms. The van der Waals surface area contributed by atoms with Gasteiger partial charge in [0.05, 0.1) is 4.47 Å². The van der Waals surface area contributed by atoms with Gasteiger partial charge in [0.2, 0.25) is 0 Å². The third kappa shape index (κ3) is 1.06. The number of nitrogen functional groups attached to an aromatic ring is 1. The Balaban J connectivity index is 2.88. The number of fused-ring (bicyclic) bond motifs is 1. The maximum absolute atomic E-state index is 12.8. The molecule has 0 amide bonds. The van der Waals surface area contributed by atoms with Crippen LogP contribution in [0.4, 0.5) is 10.4 Å². The zero-order valence-corrected chi connectivity index (χ0v) is 7.43. The fourth-order valence-electron chi connectivity index (χ4n) is 0.977. The molecule has 0 saturated heterocycles. The van der Waals surface area contributed by atoms with Crippen LogP contribution in [0.15, 0.2) is 21.0 Å². The number of halogens is 2. The molecule has 1 heterocycles. The van der Waals surface area contributed by atoms with E-state index in [1.165, 1.54) is 12.1 Å². The van der Waals surface area contributed by atoms with Gasteiger partial charge in [-0.2, -0.15) is 4.98 Å². The lowest BCUT2D eigenvalue weighted by atomic mass is 10.3. The molecule has 0 aliphatic carbocycles. The maximum atomic E-state index is 12.8. The summed E-state index contributed by atoms with van der Waals surface area (Å²) in [5, 5.41) is 0. The van der Waals surface area contributed by atoms with Crippen LogP contribution in [-0.4, -0.2) is 4.98 Å². The van der Waals surface area contributed by atoms with Crippen LogP contribution in [0.5, 0.6) is 0 Å². The highest BCUT2D eigenvalue weighted by Gasteiger charge is 2.08. The predicted octanol–water partition coefficient (Wildman–Crippen LogP) is 2.31. The minimum Gasteiger partial charge on any atom is -0.422 e. The molecule has 62 valence electrons. The normalized spacial score (nSPS) is 10.8. The van der Waals surface area contributed by atoms with Crippen molar-refractivity contribution in [2.45, 2.75) is 0 Å². The second kappa shape index (κ2) is 2.45. The summed E-state index contributed by atoms with van der Waals surface area (Å²) in [5.41, 5.74) is 6.17. The second-order valence-electron chi connectivity index (χ2n) is 2.29. The Morgan fingerprint density at radius 3 is 3.00 bits per heavy atom. The monoisotopic (exact) mass is 230 g/mol. The summed E-state index contributed by atoms with van der Waals surface area (Å²) in [4.78, 5) is 3.78. The number of nitrogens with zero attached hydrogens (tertiary/aromatic N) is 1. The summed E-state index contributed by atoms with van der Waals surface area (Å²) in [5.74, 6) is -0.373. The van der Waals surface area contributed by atoms with Crippen molar-refractivity contribution >= 4 is 33.0 Å². The lowest BCUT2D eigenvalue weighted by Crippen LogP contribution is -1.80. The van der Waals surface area contributed by atoms with E-state index in [9.17, 15) is 4.39 Å². The summed E-state index contributed by atoms with van der Waals surface area (Å²) < 4.78 is 18.3. The van der Waals surface area contributed by atoms with E-state index in [-0.39, 0.29) is 11.8 Å². The van der Waals surface area contributed by atoms with E-state index in [1.807, 2.05) is 0 Å². The van der Waals surface area contributed by atoms with E-state index in [1.54, 1.807) is 0 Å². The standard InChI is InChI=1S/C7H4BrFN2O/c8-4-1-3(9)2-5-6(4)12-7(10)11-5/h1-2H,(H2,10,11). The smallest absolute Gasteiger partial charge is 0.293 e. The maximum Gasteiger partial charge on any atom is 0.293 e. The molecule has 1 aromatic carbocycles. The molecule has 0 atom stereocenters. The summed E-state index contributed by atoms with van der Waals surface area (Å²) >= 11 is 3.13. The van der Waals surface area contributed by atoms with Gasteiger partial charge in [-0.05, 0) is 22.0 Å². The van der Waals surface area contributed by atoms with Gasteiger partial charge in [0.25, 0.3) is 6.01 Å². The highest BCUT2D eigenvalue weighted by molar-refractivity contribution is 9.10. The lowest BCUT2D eigenvalue weighted by Gasteiger charge is -1.90. The summed E-state index contributed by atoms with van der Waals surface area (Å²) in [7, 11) is 0. The first-order valence-corrected chi connectivity index (χ1v) is 3.97. The van der Waals surface area contributed by atoms with Crippen molar-refractivity contribution in [3.63, 3.8) is 0 Å². The molecule has 5 heteroatoms. The first-order valence-electron chi connectivity index (χ1n) is 3.18. The third-order valence-electron chi connectivity index (χ3n) is 1.43. The number of hydrogen-bond acceptors (Lipinski definition) is 3. The molecule has 0 aliphatic heterocycles. The number of nitrogens with two attached hydrogens (primary N) is 1. The Hall–Kier alpha value is -1.10. The molecule has 0 unspecified atom stereocenters. The third-order valence-corrected chi connectivity index (χ3v) is 2.02. The van der Waals surface area contributed by atoms with Crippen LogP contribution in [0, 0.1) is 5.82 Å². The van der Waals surface area contributed by atoms with Gasteiger partial charge in [-0.25, -0.2) is 4.39 Å². The average molecular weight is 231 g/mol. The summed E-state index contributed by atoms with van der Waals surface area (Å²) in [6, 6.07) is 2.60. The Morgan fingerprint density at radius 2 is 2.25 bits per heavy atom. The molecule has 0 aliphatic rings. The number of oxazole rings is 1. The number of rotatable bonds is 0. The number of hydrogen-bond donors (Lipinski definition) is 1. The van der Waals surface area contributed by atoms with E-state index in [0.29, 0.717) is 15.6 Å². The largest absolute Gasteiger partial charge is 0.422 e. The number of benzene rings is 1. The van der Waals surface area contributed by atoms with Crippen LogP contribution in [0.1, 0.15) is 0 Å². The van der Waals surface area contributed by atoms with Gasteiger partial charge < -0.3 is 10.2 Å². The molecule has 3 nitrogen and oxygen atoms in total. The topological polar surface area (TPSA) is 52.0 Å². The Bertz CT molecular complexity index is 440. The van der Waals surface area contributed by atoms with Gasteiger partial charge in [-0.15, -0.1) is 0 Å². The molecular formula is C7H4BrFN2O. The van der Waals surface area contributed by atoms with Crippen molar-refractivity contribution in [1.29, 1.82) is 0 Å². The molecular weight excluding hydrogens is 227 g/mol. The van der Waals surface area contributed by atoms with Gasteiger partial charge >= 0.3 is 0 Å². The fourth-order valence-corrected chi connectivity index (χ4v) is 1.48. The molecule has 0 fully saturated rings. The van der Waals surface area contributed by atoms with E-state index >= 15 is 0 Å². The highest BCUT2D eigenvalue weighted by Crippen LogP contribution is 2.26. The van der Waals surface area contributed by atoms with Gasteiger partial charge in [-0.3, -0.25) is 0 Å². The quantitative estimate of drug-likeness (QED) is 0.756. The predicted molar refractivity (Wildman–Crippen MR) is 46.1 cm³/mol. The molecule has 12 heavy (non-hydrogen) atoms. The average Bonchev–Trinajstić information content (AvgIpc) is 2.29. The zero-order valence-electron chi connectivity index (χ0n) is 5.84. The second-order valence-corrected chi connectivity index (χ2v) is 3.14. The summed E-state index contributed by atoms with van der Waals surface area (Å²) in [6.45, 7) is 0. The molecule has 2 N–H and O–H groups in total. The van der Waals surface area contributed by atoms with Gasteiger partial charge in [-0.1, -0.05) is 0 Å². The highest BCUT2D eigenvalue weighted by atomic mass is 79.9. The molecule has 2 rings (SSSR count). The van der Waals surface area contributed by atoms with E-state index in [4.69, 9.17) is 10.2 Å². The van der Waals surface area contributed by atoms with Gasteiger partial charge in [0, 0.05) is 6.07 Å². The molecule has 0 saturated carbocycles. The van der Waals surface area contributed by atoms with Crippen molar-refractivity contribution in [1.82, 2.24) is 4.98 Å². The van der Waals surface area contributed by atoms with Crippen LogP contribution in [0.25, 0.3) is 11.1 Å². The molecule has 2 aromatic rings. The molecule has 0 spiro atoms. The van der Waals surface area contributed by atoms with Crippen LogP contribution >= 0.6 is 15.9 Å². The van der Waals surface area contributed by atoms with Crippen LogP contribution in [0.2, 0.25) is 0 Å². The van der Waals surface area contributed by atoms with Crippen LogP contribution in [0.3, 0.4) is 0 Å². The van der Waals surface area contributed by atoms with Crippen LogP contribution in [-0.2, 0) is 0 Å². The Labute approximate surface area is 75.5 Å². The van der Waals surface area contributed by atoms with E-state index < -0.39 is 0 Å². The van der Waals surface area contributed by atoms with Crippen molar-refractivity contribution in [3.05, 3.63) is 22.4 Å². The van der Waals surface area contributed by atoms with Gasteiger partial charge in [0.1, 0.15) is 11.3 Å². The van der Waals surface area contributed by atoms with Crippen LogP contribution < -0.4 is 5.73 Å². The van der Waals surface area contributed by atoms with Crippen molar-refractivity contribution in [2.24, 2.45) is 0 Å². The Kier molecular flexibility index (Phi) is 1.54. The van der Waals surface area contributed by atoms with E-state index in [2.05, 4.69) is 20.9 Å². The molecule has 1 aromatic heterocycles. The zero-order chi connectivity index (χ0) is 8.72. The fraction of sp³-hybridized carbons (Fsp3) is 0. The Morgan fingerprint density at radius 1 is 1.50 bits per heavy atom. The van der Waals surface area contributed by atoms with Crippen molar-refractivity contribution < 1.29 is 8.81 Å². The number of aromatic nitrogens is 1. The number of anilines is 1. The minimum absolute atomic E-state index is 0.0382. The minimum atomic E-state index is -0.373. The SMILES string of the molecule is Nc1nc2cc(F)cc(Br)c2o1. The van der Waals surface area contributed by atoms with Crippen molar-refractivity contribution in [2.75, 3.05) is 5.73 Å². The van der Waals surface area contributed by atoms with E-state index in [0.717, 1.165) is 0 Å². The first-order chi connectivity index (χ1) is 5.66. The van der Waals surface area contributed by atoms with Gasteiger partial charge in [0.15, 0.2) is 5.58 Å². The van der Waals surface area contributed by atoms with Crippen molar-refractivity contribution in [3.8, 4) is 0 Å². The summed E-state index contributed by atoms with van der Waals surface area (Å²) in [6.07, 6.45) is 0. The first kappa shape index (κ1) is 7.54.